The molecule has 0 aromatic heterocycles. The Morgan fingerprint density at radius 2 is 1.07 bits per heavy atom. The molecule has 0 saturated heterocycles. The first-order chi connectivity index (χ1) is 14.5. The van der Waals surface area contributed by atoms with Gasteiger partial charge < -0.3 is 0 Å². The summed E-state index contributed by atoms with van der Waals surface area (Å²) in [6, 6.07) is 3.06. The first-order valence-electron chi connectivity index (χ1n) is 12.5. The Balaban J connectivity index is 1.28. The summed E-state index contributed by atoms with van der Waals surface area (Å²) in [6.45, 7) is 4.02. The van der Waals surface area contributed by atoms with Crippen molar-refractivity contribution in [3.8, 4) is 11.8 Å². The number of hydrogen-bond donors (Lipinski definition) is 0. The molecule has 0 heterocycles. The monoisotopic (exact) mass is 412 g/mol. The van der Waals surface area contributed by atoms with Crippen molar-refractivity contribution in [3.05, 3.63) is 34.9 Å². The summed E-state index contributed by atoms with van der Waals surface area (Å²) in [5.74, 6) is 9.11. The highest BCUT2D eigenvalue weighted by Crippen LogP contribution is 2.47. The lowest BCUT2D eigenvalue weighted by molar-refractivity contribution is 0.112. The largest absolute Gasteiger partial charge is 0.206 e. The maximum absolute atomic E-state index is 14.3. The van der Waals surface area contributed by atoms with Gasteiger partial charge in [-0.1, -0.05) is 25.7 Å². The van der Waals surface area contributed by atoms with Crippen molar-refractivity contribution in [2.45, 2.75) is 96.8 Å². The molecule has 0 nitrogen and oxygen atoms in total. The Bertz CT molecular complexity index is 739. The highest BCUT2D eigenvalue weighted by Gasteiger charge is 2.34. The van der Waals surface area contributed by atoms with Crippen molar-refractivity contribution in [1.29, 1.82) is 0 Å². The average Bonchev–Trinajstić information content (AvgIpc) is 2.77. The molecule has 3 fully saturated rings. The average molecular weight is 413 g/mol. The quantitative estimate of drug-likeness (QED) is 0.438. The van der Waals surface area contributed by atoms with Crippen LogP contribution in [0, 0.1) is 53.1 Å². The number of halogens is 2. The lowest BCUT2D eigenvalue weighted by Crippen LogP contribution is -2.29. The number of benzene rings is 1. The van der Waals surface area contributed by atoms with Crippen molar-refractivity contribution in [1.82, 2.24) is 0 Å². The fraction of sp³-hybridized carbons (Fsp3) is 0.714. The summed E-state index contributed by atoms with van der Waals surface area (Å²) in [5, 5.41) is 0. The van der Waals surface area contributed by atoms with E-state index in [1.807, 2.05) is 0 Å². The van der Waals surface area contributed by atoms with Gasteiger partial charge in [-0.25, -0.2) is 8.78 Å². The lowest BCUT2D eigenvalue weighted by atomic mass is 9.65. The van der Waals surface area contributed by atoms with Crippen molar-refractivity contribution >= 4 is 0 Å². The molecule has 0 N–H and O–H groups in total. The molecule has 3 aliphatic rings. The van der Waals surface area contributed by atoms with E-state index in [0.717, 1.165) is 48.0 Å². The van der Waals surface area contributed by atoms with Crippen molar-refractivity contribution in [3.63, 3.8) is 0 Å². The molecule has 30 heavy (non-hydrogen) atoms. The van der Waals surface area contributed by atoms with Crippen LogP contribution in [0.5, 0.6) is 0 Å². The van der Waals surface area contributed by atoms with E-state index in [2.05, 4.69) is 18.8 Å². The van der Waals surface area contributed by atoms with Gasteiger partial charge in [0.2, 0.25) is 0 Å². The van der Waals surface area contributed by atoms with Gasteiger partial charge in [0.05, 0.1) is 5.56 Å². The van der Waals surface area contributed by atoms with Crippen LogP contribution in [0.3, 0.4) is 0 Å². The van der Waals surface area contributed by atoms with Gasteiger partial charge >= 0.3 is 0 Å². The maximum atomic E-state index is 14.3. The predicted molar refractivity (Wildman–Crippen MR) is 120 cm³/mol. The zero-order valence-corrected chi connectivity index (χ0v) is 18.9. The molecule has 0 atom stereocenters. The Hall–Kier alpha value is -1.36. The third kappa shape index (κ3) is 4.92. The smallest absolute Gasteiger partial charge is 0.142 e. The Morgan fingerprint density at radius 3 is 1.50 bits per heavy atom. The summed E-state index contributed by atoms with van der Waals surface area (Å²) in [6.07, 6.45) is 16.1. The summed E-state index contributed by atoms with van der Waals surface area (Å²) in [4.78, 5) is 0. The molecule has 1 aromatic carbocycles. The highest BCUT2D eigenvalue weighted by atomic mass is 19.1. The Kier molecular flexibility index (Phi) is 7.17. The normalized spacial score (nSPS) is 34.8. The molecule has 4 rings (SSSR count). The van der Waals surface area contributed by atoms with Gasteiger partial charge in [-0.2, -0.15) is 0 Å². The molecule has 0 spiro atoms. The fourth-order valence-corrected chi connectivity index (χ4v) is 6.84. The standard InChI is InChI=1S/C28H38F2/c1-3-4-26-27(29)17-25(18-28(26)30)24-15-13-23(14-16-24)22-11-9-21(10-12-22)20-7-5-19(2)6-8-20/h17-24H,5-16H2,1-2H3. The molecule has 0 radical (unpaired) electrons. The van der Waals surface area contributed by atoms with E-state index < -0.39 is 11.6 Å². The minimum atomic E-state index is -0.503. The lowest BCUT2D eigenvalue weighted by Gasteiger charge is -2.41. The Morgan fingerprint density at radius 1 is 0.667 bits per heavy atom. The van der Waals surface area contributed by atoms with Gasteiger partial charge in [0.1, 0.15) is 11.6 Å². The molecule has 0 amide bonds. The molecular weight excluding hydrogens is 374 g/mol. The molecule has 3 aliphatic carbocycles. The van der Waals surface area contributed by atoms with Crippen molar-refractivity contribution in [2.75, 3.05) is 0 Å². The van der Waals surface area contributed by atoms with Gasteiger partial charge in [-0.15, -0.1) is 5.92 Å². The third-order valence-corrected chi connectivity index (χ3v) is 8.77. The number of rotatable bonds is 3. The van der Waals surface area contributed by atoms with E-state index in [9.17, 15) is 8.78 Å². The van der Waals surface area contributed by atoms with Crippen LogP contribution in [0.25, 0.3) is 0 Å². The SMILES string of the molecule is CC#Cc1c(F)cc(C2CCC(C3CCC(C4CCC(C)CC4)CC3)CC2)cc1F. The molecule has 0 bridgehead atoms. The first-order valence-corrected chi connectivity index (χ1v) is 12.5. The molecule has 3 saturated carbocycles. The van der Waals surface area contributed by atoms with Crippen LogP contribution in [0.15, 0.2) is 12.1 Å². The molecule has 2 heteroatoms. The second kappa shape index (κ2) is 9.84. The summed E-state index contributed by atoms with van der Waals surface area (Å²) in [7, 11) is 0. The van der Waals surface area contributed by atoms with E-state index in [0.29, 0.717) is 5.92 Å². The highest BCUT2D eigenvalue weighted by molar-refractivity contribution is 5.39. The van der Waals surface area contributed by atoms with E-state index in [1.54, 1.807) is 6.92 Å². The zero-order chi connectivity index (χ0) is 21.1. The van der Waals surface area contributed by atoms with Crippen LogP contribution in [0.1, 0.15) is 108 Å². The van der Waals surface area contributed by atoms with Crippen LogP contribution >= 0.6 is 0 Å². The van der Waals surface area contributed by atoms with E-state index in [4.69, 9.17) is 0 Å². The van der Waals surface area contributed by atoms with Crippen LogP contribution in [-0.4, -0.2) is 0 Å². The third-order valence-electron chi connectivity index (χ3n) is 8.77. The van der Waals surface area contributed by atoms with Gasteiger partial charge in [-0.3, -0.25) is 0 Å². The minimum absolute atomic E-state index is 0.0841. The second-order valence-electron chi connectivity index (χ2n) is 10.5. The summed E-state index contributed by atoms with van der Waals surface area (Å²) < 4.78 is 28.6. The molecule has 1 aromatic rings. The van der Waals surface area contributed by atoms with Gasteiger partial charge in [0.15, 0.2) is 0 Å². The molecule has 0 unspecified atom stereocenters. The van der Waals surface area contributed by atoms with E-state index in [-0.39, 0.29) is 5.56 Å². The fourth-order valence-electron chi connectivity index (χ4n) is 6.84. The molecular formula is C28H38F2. The van der Waals surface area contributed by atoms with Crippen molar-refractivity contribution in [2.24, 2.45) is 29.6 Å². The van der Waals surface area contributed by atoms with Crippen LogP contribution < -0.4 is 0 Å². The van der Waals surface area contributed by atoms with Gasteiger partial charge in [-0.05, 0) is 124 Å². The molecule has 164 valence electrons. The number of hydrogen-bond acceptors (Lipinski definition) is 0. The predicted octanol–water partition coefficient (Wildman–Crippen LogP) is 8.24. The summed E-state index contributed by atoms with van der Waals surface area (Å²) >= 11 is 0. The molecule has 0 aliphatic heterocycles. The Labute approximate surface area is 182 Å². The maximum Gasteiger partial charge on any atom is 0.142 e. The van der Waals surface area contributed by atoms with Gasteiger partial charge in [0.25, 0.3) is 0 Å². The van der Waals surface area contributed by atoms with E-state index in [1.165, 1.54) is 76.3 Å². The van der Waals surface area contributed by atoms with Crippen LogP contribution in [-0.2, 0) is 0 Å². The van der Waals surface area contributed by atoms with Gasteiger partial charge in [0, 0.05) is 0 Å². The summed E-state index contributed by atoms with van der Waals surface area (Å²) in [5.41, 5.74) is 0.749. The second-order valence-corrected chi connectivity index (χ2v) is 10.5. The first kappa shape index (κ1) is 21.9. The minimum Gasteiger partial charge on any atom is -0.206 e. The zero-order valence-electron chi connectivity index (χ0n) is 18.9. The van der Waals surface area contributed by atoms with Crippen molar-refractivity contribution < 1.29 is 8.78 Å². The van der Waals surface area contributed by atoms with Crippen LogP contribution in [0.4, 0.5) is 8.78 Å². The van der Waals surface area contributed by atoms with E-state index >= 15 is 0 Å². The van der Waals surface area contributed by atoms with Crippen LogP contribution in [0.2, 0.25) is 0 Å². The topological polar surface area (TPSA) is 0 Å².